The van der Waals surface area contributed by atoms with Crippen molar-refractivity contribution in [1.82, 2.24) is 20.0 Å². The SMILES string of the molecule is Cc1cc(N2CCN(C(=O)c3cc(-c4cccs4)on3)CC2)nc(C(C)C)n1. The zero-order valence-electron chi connectivity index (χ0n) is 16.3. The standard InChI is InChI=1S/C20H23N5O2S/c1-13(2)19-21-14(3)11-18(22-19)24-6-8-25(9-7-24)20(26)15-12-16(27-23-15)17-5-4-10-28-17/h4-5,10-13H,6-9H2,1-3H3. The summed E-state index contributed by atoms with van der Waals surface area (Å²) in [5.74, 6) is 2.62. The Bertz CT molecular complexity index is 959. The number of carbonyl (C=O) groups excluding carboxylic acids is 1. The van der Waals surface area contributed by atoms with Gasteiger partial charge in [0.2, 0.25) is 0 Å². The maximum absolute atomic E-state index is 12.8. The molecule has 0 N–H and O–H groups in total. The van der Waals surface area contributed by atoms with Gasteiger partial charge < -0.3 is 14.3 Å². The van der Waals surface area contributed by atoms with Crippen molar-refractivity contribution in [3.05, 3.63) is 46.9 Å². The molecule has 0 saturated carbocycles. The van der Waals surface area contributed by atoms with Gasteiger partial charge in [0.25, 0.3) is 5.91 Å². The van der Waals surface area contributed by atoms with Crippen LogP contribution in [0.1, 0.15) is 41.8 Å². The molecule has 0 aromatic carbocycles. The summed E-state index contributed by atoms with van der Waals surface area (Å²) in [6, 6.07) is 7.63. The first-order valence-corrected chi connectivity index (χ1v) is 10.3. The second kappa shape index (κ2) is 7.71. The number of aryl methyl sites for hydroxylation is 1. The molecule has 3 aromatic heterocycles. The third kappa shape index (κ3) is 3.77. The van der Waals surface area contributed by atoms with Crippen molar-refractivity contribution in [2.45, 2.75) is 26.7 Å². The van der Waals surface area contributed by atoms with E-state index in [2.05, 4.69) is 28.9 Å². The highest BCUT2D eigenvalue weighted by Crippen LogP contribution is 2.26. The van der Waals surface area contributed by atoms with E-state index >= 15 is 0 Å². The molecule has 0 bridgehead atoms. The monoisotopic (exact) mass is 397 g/mol. The topological polar surface area (TPSA) is 75.4 Å². The molecule has 0 unspecified atom stereocenters. The molecular weight excluding hydrogens is 374 g/mol. The van der Waals surface area contributed by atoms with E-state index in [-0.39, 0.29) is 11.8 Å². The Kier molecular flexibility index (Phi) is 5.13. The fourth-order valence-electron chi connectivity index (χ4n) is 3.21. The van der Waals surface area contributed by atoms with E-state index in [1.54, 1.807) is 17.4 Å². The first-order valence-electron chi connectivity index (χ1n) is 9.41. The Morgan fingerprint density at radius 1 is 1.18 bits per heavy atom. The Balaban J connectivity index is 1.42. The summed E-state index contributed by atoms with van der Waals surface area (Å²) in [7, 11) is 0. The van der Waals surface area contributed by atoms with Crippen molar-refractivity contribution in [2.75, 3.05) is 31.1 Å². The molecule has 146 valence electrons. The Hall–Kier alpha value is -2.74. The Labute approximate surface area is 168 Å². The average molecular weight is 398 g/mol. The molecule has 7 nitrogen and oxygen atoms in total. The molecule has 1 fully saturated rings. The van der Waals surface area contributed by atoms with E-state index in [1.807, 2.05) is 35.4 Å². The predicted octanol–water partition coefficient (Wildman–Crippen LogP) is 3.59. The molecule has 1 aliphatic heterocycles. The second-order valence-corrected chi connectivity index (χ2v) is 8.16. The maximum atomic E-state index is 12.8. The highest BCUT2D eigenvalue weighted by atomic mass is 32.1. The molecule has 0 radical (unpaired) electrons. The van der Waals surface area contributed by atoms with Gasteiger partial charge in [-0.15, -0.1) is 11.3 Å². The van der Waals surface area contributed by atoms with Gasteiger partial charge in [-0.05, 0) is 18.4 Å². The van der Waals surface area contributed by atoms with E-state index in [4.69, 9.17) is 9.51 Å². The van der Waals surface area contributed by atoms with Crippen molar-refractivity contribution >= 4 is 23.1 Å². The van der Waals surface area contributed by atoms with Crippen LogP contribution in [0.2, 0.25) is 0 Å². The van der Waals surface area contributed by atoms with Crippen LogP contribution in [-0.4, -0.2) is 52.1 Å². The number of hydrogen-bond donors (Lipinski definition) is 0. The minimum Gasteiger partial charge on any atom is -0.355 e. The first kappa shape index (κ1) is 18.6. The molecule has 8 heteroatoms. The number of hydrogen-bond acceptors (Lipinski definition) is 7. The highest BCUT2D eigenvalue weighted by molar-refractivity contribution is 7.13. The number of aromatic nitrogens is 3. The van der Waals surface area contributed by atoms with Gasteiger partial charge in [0, 0.05) is 49.9 Å². The molecule has 1 aliphatic rings. The number of thiophene rings is 1. The van der Waals surface area contributed by atoms with Crippen LogP contribution in [0.15, 0.2) is 34.2 Å². The molecule has 3 aromatic rings. The summed E-state index contributed by atoms with van der Waals surface area (Å²) in [5.41, 5.74) is 1.33. The molecule has 0 atom stereocenters. The summed E-state index contributed by atoms with van der Waals surface area (Å²) < 4.78 is 5.35. The van der Waals surface area contributed by atoms with Gasteiger partial charge in [-0.1, -0.05) is 25.1 Å². The minimum absolute atomic E-state index is 0.0899. The number of carbonyl (C=O) groups is 1. The fraction of sp³-hybridized carbons (Fsp3) is 0.400. The number of rotatable bonds is 4. The van der Waals surface area contributed by atoms with Crippen LogP contribution in [-0.2, 0) is 0 Å². The van der Waals surface area contributed by atoms with Crippen LogP contribution in [0.25, 0.3) is 10.6 Å². The number of nitrogens with zero attached hydrogens (tertiary/aromatic N) is 5. The van der Waals surface area contributed by atoms with Crippen molar-refractivity contribution in [1.29, 1.82) is 0 Å². The van der Waals surface area contributed by atoms with E-state index in [0.717, 1.165) is 35.3 Å². The predicted molar refractivity (Wildman–Crippen MR) is 109 cm³/mol. The van der Waals surface area contributed by atoms with Crippen LogP contribution in [0, 0.1) is 6.92 Å². The van der Waals surface area contributed by atoms with Gasteiger partial charge in [-0.3, -0.25) is 4.79 Å². The normalized spacial score (nSPS) is 14.7. The Morgan fingerprint density at radius 3 is 2.64 bits per heavy atom. The lowest BCUT2D eigenvalue weighted by molar-refractivity contribution is 0.0736. The molecule has 0 spiro atoms. The summed E-state index contributed by atoms with van der Waals surface area (Å²) in [6.07, 6.45) is 0. The van der Waals surface area contributed by atoms with Crippen molar-refractivity contribution in [3.8, 4) is 10.6 Å². The van der Waals surface area contributed by atoms with E-state index in [0.29, 0.717) is 24.5 Å². The van der Waals surface area contributed by atoms with Gasteiger partial charge in [-0.2, -0.15) is 0 Å². The van der Waals surface area contributed by atoms with Gasteiger partial charge in [0.1, 0.15) is 11.6 Å². The maximum Gasteiger partial charge on any atom is 0.276 e. The quantitative estimate of drug-likeness (QED) is 0.670. The highest BCUT2D eigenvalue weighted by Gasteiger charge is 2.26. The summed E-state index contributed by atoms with van der Waals surface area (Å²) in [4.78, 5) is 27.0. The molecule has 28 heavy (non-hydrogen) atoms. The molecule has 1 amide bonds. The molecular formula is C20H23N5O2S. The minimum atomic E-state index is -0.0899. The zero-order chi connectivity index (χ0) is 19.7. The van der Waals surface area contributed by atoms with E-state index in [1.165, 1.54) is 0 Å². The molecule has 0 aliphatic carbocycles. The lowest BCUT2D eigenvalue weighted by Gasteiger charge is -2.35. The van der Waals surface area contributed by atoms with Gasteiger partial charge in [0.05, 0.1) is 4.88 Å². The third-order valence-electron chi connectivity index (χ3n) is 4.76. The van der Waals surface area contributed by atoms with Crippen LogP contribution in [0.4, 0.5) is 5.82 Å². The van der Waals surface area contributed by atoms with Crippen molar-refractivity contribution in [3.63, 3.8) is 0 Å². The lowest BCUT2D eigenvalue weighted by Crippen LogP contribution is -2.49. The first-order chi connectivity index (χ1) is 13.5. The molecule has 4 heterocycles. The van der Waals surface area contributed by atoms with Crippen LogP contribution in [0.5, 0.6) is 0 Å². The van der Waals surface area contributed by atoms with E-state index in [9.17, 15) is 4.79 Å². The number of piperazine rings is 1. The van der Waals surface area contributed by atoms with Gasteiger partial charge >= 0.3 is 0 Å². The number of anilines is 1. The Morgan fingerprint density at radius 2 is 1.96 bits per heavy atom. The second-order valence-electron chi connectivity index (χ2n) is 7.21. The van der Waals surface area contributed by atoms with Crippen molar-refractivity contribution < 1.29 is 9.32 Å². The molecule has 4 rings (SSSR count). The smallest absolute Gasteiger partial charge is 0.276 e. The number of amides is 1. The average Bonchev–Trinajstić information content (AvgIpc) is 3.38. The van der Waals surface area contributed by atoms with Crippen LogP contribution >= 0.6 is 11.3 Å². The lowest BCUT2D eigenvalue weighted by atomic mass is 10.2. The largest absolute Gasteiger partial charge is 0.355 e. The molecule has 1 saturated heterocycles. The fourth-order valence-corrected chi connectivity index (χ4v) is 3.88. The van der Waals surface area contributed by atoms with E-state index < -0.39 is 0 Å². The zero-order valence-corrected chi connectivity index (χ0v) is 17.1. The third-order valence-corrected chi connectivity index (χ3v) is 5.64. The van der Waals surface area contributed by atoms with Gasteiger partial charge in [0.15, 0.2) is 11.5 Å². The van der Waals surface area contributed by atoms with Crippen molar-refractivity contribution in [2.24, 2.45) is 0 Å². The van der Waals surface area contributed by atoms with Crippen LogP contribution in [0.3, 0.4) is 0 Å². The summed E-state index contributed by atoms with van der Waals surface area (Å²) in [5, 5.41) is 5.94. The summed E-state index contributed by atoms with van der Waals surface area (Å²) >= 11 is 1.56. The summed E-state index contributed by atoms with van der Waals surface area (Å²) in [6.45, 7) is 8.90. The van der Waals surface area contributed by atoms with Gasteiger partial charge in [-0.25, -0.2) is 9.97 Å². The van der Waals surface area contributed by atoms with Crippen LogP contribution < -0.4 is 4.90 Å².